The van der Waals surface area contributed by atoms with E-state index in [4.69, 9.17) is 0 Å². The second kappa shape index (κ2) is 8.03. The maximum absolute atomic E-state index is 12.3. The summed E-state index contributed by atoms with van der Waals surface area (Å²) in [6, 6.07) is 7.66. The minimum absolute atomic E-state index is 0.0646. The Morgan fingerprint density at radius 1 is 1.32 bits per heavy atom. The van der Waals surface area contributed by atoms with E-state index < -0.39 is 0 Å². The summed E-state index contributed by atoms with van der Waals surface area (Å²) in [5, 5.41) is 15.4. The first-order valence-corrected chi connectivity index (χ1v) is 8.14. The van der Waals surface area contributed by atoms with Crippen molar-refractivity contribution < 1.29 is 9.90 Å². The quantitative estimate of drug-likeness (QED) is 0.784. The molecule has 0 aromatic heterocycles. The topological polar surface area (TPSA) is 64.6 Å². The molecule has 2 atom stereocenters. The van der Waals surface area contributed by atoms with Crippen LogP contribution in [-0.4, -0.2) is 37.4 Å². The summed E-state index contributed by atoms with van der Waals surface area (Å²) in [5.74, 6) is 0.174. The summed E-state index contributed by atoms with van der Waals surface area (Å²) in [6.45, 7) is 3.08. The summed E-state index contributed by atoms with van der Waals surface area (Å²) in [4.78, 5) is 14.4. The molecule has 1 aromatic carbocycles. The van der Waals surface area contributed by atoms with Crippen LogP contribution in [0.2, 0.25) is 0 Å². The van der Waals surface area contributed by atoms with E-state index in [1.165, 1.54) is 0 Å². The molecule has 1 aromatic rings. The molecule has 22 heavy (non-hydrogen) atoms. The van der Waals surface area contributed by atoms with Crippen molar-refractivity contribution in [3.63, 3.8) is 0 Å². The Bertz CT molecular complexity index is 493. The Kier molecular flexibility index (Phi) is 6.07. The summed E-state index contributed by atoms with van der Waals surface area (Å²) in [5.41, 5.74) is 1.81. The monoisotopic (exact) mass is 305 g/mol. The van der Waals surface area contributed by atoms with Gasteiger partial charge in [-0.1, -0.05) is 25.0 Å². The number of aliphatic hydroxyl groups excluding tert-OH is 1. The van der Waals surface area contributed by atoms with E-state index in [-0.39, 0.29) is 24.6 Å². The summed E-state index contributed by atoms with van der Waals surface area (Å²) in [6.07, 6.45) is 4.16. The summed E-state index contributed by atoms with van der Waals surface area (Å²) in [7, 11) is 2.00. The Morgan fingerprint density at radius 3 is 2.77 bits per heavy atom. The zero-order valence-electron chi connectivity index (χ0n) is 13.5. The average Bonchev–Trinajstić information content (AvgIpc) is 2.55. The van der Waals surface area contributed by atoms with Gasteiger partial charge in [0, 0.05) is 32.2 Å². The SMILES string of the molecule is CCN(C)c1ccccc1NC(=O)N[C@@H]1CCCC[C@H]1CO. The molecule has 0 heterocycles. The Hall–Kier alpha value is -1.75. The van der Waals surface area contributed by atoms with E-state index in [0.717, 1.165) is 43.6 Å². The third-order valence-corrected chi connectivity index (χ3v) is 4.50. The second-order valence-electron chi connectivity index (χ2n) is 5.96. The van der Waals surface area contributed by atoms with E-state index in [9.17, 15) is 9.90 Å². The van der Waals surface area contributed by atoms with Crippen molar-refractivity contribution in [2.24, 2.45) is 5.92 Å². The molecule has 0 unspecified atom stereocenters. The van der Waals surface area contributed by atoms with E-state index >= 15 is 0 Å². The molecular formula is C17H27N3O2. The van der Waals surface area contributed by atoms with Crippen LogP contribution in [0.1, 0.15) is 32.6 Å². The van der Waals surface area contributed by atoms with Gasteiger partial charge in [0.25, 0.3) is 0 Å². The smallest absolute Gasteiger partial charge is 0.319 e. The zero-order valence-corrected chi connectivity index (χ0v) is 13.5. The molecule has 0 radical (unpaired) electrons. The maximum Gasteiger partial charge on any atom is 0.319 e. The van der Waals surface area contributed by atoms with Crippen LogP contribution in [0, 0.1) is 5.92 Å². The molecule has 0 saturated heterocycles. The van der Waals surface area contributed by atoms with Gasteiger partial charge in [-0.2, -0.15) is 0 Å². The zero-order chi connectivity index (χ0) is 15.9. The van der Waals surface area contributed by atoms with Crippen molar-refractivity contribution >= 4 is 17.4 Å². The van der Waals surface area contributed by atoms with Gasteiger partial charge in [0.2, 0.25) is 0 Å². The van der Waals surface area contributed by atoms with Gasteiger partial charge in [0.1, 0.15) is 0 Å². The van der Waals surface area contributed by atoms with E-state index in [0.29, 0.717) is 0 Å². The van der Waals surface area contributed by atoms with E-state index in [1.807, 2.05) is 31.3 Å². The van der Waals surface area contributed by atoms with Crippen molar-refractivity contribution in [3.05, 3.63) is 24.3 Å². The number of anilines is 2. The largest absolute Gasteiger partial charge is 0.396 e. The fourth-order valence-electron chi connectivity index (χ4n) is 3.03. The highest BCUT2D eigenvalue weighted by Crippen LogP contribution is 2.26. The Labute approximate surface area is 132 Å². The second-order valence-corrected chi connectivity index (χ2v) is 5.96. The van der Waals surface area contributed by atoms with Gasteiger partial charge in [0.05, 0.1) is 11.4 Å². The molecular weight excluding hydrogens is 278 g/mol. The lowest BCUT2D eigenvalue weighted by Gasteiger charge is -2.31. The van der Waals surface area contributed by atoms with Crippen molar-refractivity contribution in [2.45, 2.75) is 38.6 Å². The molecule has 5 heteroatoms. The number of hydrogen-bond donors (Lipinski definition) is 3. The highest BCUT2D eigenvalue weighted by Gasteiger charge is 2.26. The molecule has 5 nitrogen and oxygen atoms in total. The molecule has 1 aliphatic carbocycles. The first kappa shape index (κ1) is 16.6. The third-order valence-electron chi connectivity index (χ3n) is 4.50. The molecule has 0 bridgehead atoms. The maximum atomic E-state index is 12.3. The molecule has 0 spiro atoms. The van der Waals surface area contributed by atoms with Crippen LogP contribution >= 0.6 is 0 Å². The molecule has 122 valence electrons. The highest BCUT2D eigenvalue weighted by molar-refractivity contribution is 5.93. The number of carbonyl (C=O) groups excluding carboxylic acids is 1. The molecule has 3 N–H and O–H groups in total. The van der Waals surface area contributed by atoms with Gasteiger partial charge in [-0.05, 0) is 31.9 Å². The molecule has 1 fully saturated rings. The summed E-state index contributed by atoms with van der Waals surface area (Å²) < 4.78 is 0. The van der Waals surface area contributed by atoms with Crippen LogP contribution in [0.15, 0.2) is 24.3 Å². The molecule has 0 aliphatic heterocycles. The van der Waals surface area contributed by atoms with Gasteiger partial charge in [0.15, 0.2) is 0 Å². The highest BCUT2D eigenvalue weighted by atomic mass is 16.3. The number of carbonyl (C=O) groups is 1. The standard InChI is InChI=1S/C17H27N3O2/c1-3-20(2)16-11-7-6-10-15(16)19-17(22)18-14-9-5-4-8-13(14)12-21/h6-7,10-11,13-14,21H,3-5,8-9,12H2,1-2H3,(H2,18,19,22)/t13-,14+/m0/s1. The van der Waals surface area contributed by atoms with Crippen LogP contribution in [-0.2, 0) is 0 Å². The number of benzene rings is 1. The van der Waals surface area contributed by atoms with Gasteiger partial charge in [-0.15, -0.1) is 0 Å². The normalized spacial score (nSPS) is 21.2. The minimum Gasteiger partial charge on any atom is -0.396 e. The van der Waals surface area contributed by atoms with Crippen molar-refractivity contribution in [2.75, 3.05) is 30.4 Å². The molecule has 1 aliphatic rings. The first-order chi connectivity index (χ1) is 10.7. The lowest BCUT2D eigenvalue weighted by Crippen LogP contribution is -2.45. The van der Waals surface area contributed by atoms with Crippen molar-refractivity contribution in [1.82, 2.24) is 5.32 Å². The fourth-order valence-corrected chi connectivity index (χ4v) is 3.03. The van der Waals surface area contributed by atoms with Crippen LogP contribution in [0.25, 0.3) is 0 Å². The Balaban J connectivity index is 2.00. The first-order valence-electron chi connectivity index (χ1n) is 8.14. The van der Waals surface area contributed by atoms with Crippen LogP contribution in [0.4, 0.5) is 16.2 Å². The van der Waals surface area contributed by atoms with Gasteiger partial charge >= 0.3 is 6.03 Å². The van der Waals surface area contributed by atoms with Gasteiger partial charge in [-0.3, -0.25) is 0 Å². The van der Waals surface area contributed by atoms with Gasteiger partial charge in [-0.25, -0.2) is 4.79 Å². The lowest BCUT2D eigenvalue weighted by molar-refractivity contribution is 0.156. The molecule has 1 saturated carbocycles. The van der Waals surface area contributed by atoms with Crippen molar-refractivity contribution in [1.29, 1.82) is 0 Å². The third kappa shape index (κ3) is 4.13. The van der Waals surface area contributed by atoms with Crippen molar-refractivity contribution in [3.8, 4) is 0 Å². The number of para-hydroxylation sites is 2. The molecule has 2 rings (SSSR count). The fraction of sp³-hybridized carbons (Fsp3) is 0.588. The molecule has 2 amide bonds. The predicted molar refractivity (Wildman–Crippen MR) is 90.4 cm³/mol. The number of rotatable bonds is 5. The van der Waals surface area contributed by atoms with Crippen LogP contribution < -0.4 is 15.5 Å². The number of aliphatic hydroxyl groups is 1. The number of hydrogen-bond acceptors (Lipinski definition) is 3. The summed E-state index contributed by atoms with van der Waals surface area (Å²) >= 11 is 0. The van der Waals surface area contributed by atoms with Crippen LogP contribution in [0.3, 0.4) is 0 Å². The Morgan fingerprint density at radius 2 is 2.05 bits per heavy atom. The number of nitrogens with zero attached hydrogens (tertiary/aromatic N) is 1. The lowest BCUT2D eigenvalue weighted by atomic mass is 9.85. The van der Waals surface area contributed by atoms with Gasteiger partial charge < -0.3 is 20.6 Å². The number of nitrogens with one attached hydrogen (secondary N) is 2. The van der Waals surface area contributed by atoms with E-state index in [1.54, 1.807) is 0 Å². The number of amides is 2. The predicted octanol–water partition coefficient (Wildman–Crippen LogP) is 2.82. The van der Waals surface area contributed by atoms with E-state index in [2.05, 4.69) is 22.5 Å². The number of urea groups is 1. The van der Waals surface area contributed by atoms with Crippen LogP contribution in [0.5, 0.6) is 0 Å². The minimum atomic E-state index is -0.192. The average molecular weight is 305 g/mol.